The molecule has 0 saturated carbocycles. The number of aliphatic carboxylic acids is 1. The van der Waals surface area contributed by atoms with Crippen LogP contribution < -0.4 is 10.6 Å². The van der Waals surface area contributed by atoms with Crippen LogP contribution in [0.5, 0.6) is 0 Å². The molecule has 0 aliphatic carbocycles. The van der Waals surface area contributed by atoms with E-state index in [4.69, 9.17) is 10.2 Å². The van der Waals surface area contributed by atoms with Crippen LogP contribution in [0.1, 0.15) is 33.1 Å². The number of rotatable bonds is 10. The van der Waals surface area contributed by atoms with Gasteiger partial charge >= 0.3 is 12.0 Å². The van der Waals surface area contributed by atoms with Gasteiger partial charge in [-0.25, -0.2) is 9.59 Å². The summed E-state index contributed by atoms with van der Waals surface area (Å²) in [6.45, 7) is 5.98. The van der Waals surface area contributed by atoms with Gasteiger partial charge in [-0.15, -0.1) is 0 Å². The Balaban J connectivity index is 3.48. The molecular formula is C13H27N3O4. The van der Waals surface area contributed by atoms with Gasteiger partial charge in [0.2, 0.25) is 0 Å². The Morgan fingerprint density at radius 2 is 1.75 bits per heavy atom. The molecule has 0 aromatic heterocycles. The smallest absolute Gasteiger partial charge is 0.332 e. The fourth-order valence-corrected chi connectivity index (χ4v) is 1.45. The molecule has 0 aliphatic heterocycles. The van der Waals surface area contributed by atoms with Crippen LogP contribution in [0.3, 0.4) is 0 Å². The number of aliphatic hydroxyl groups is 1. The Morgan fingerprint density at radius 1 is 1.15 bits per heavy atom. The summed E-state index contributed by atoms with van der Waals surface area (Å²) in [5.74, 6) is -1.28. The molecule has 0 spiro atoms. The topological polar surface area (TPSA) is 102 Å². The van der Waals surface area contributed by atoms with Crippen LogP contribution in [0.15, 0.2) is 0 Å². The number of unbranched alkanes of at least 4 members (excludes halogenated alkanes) is 1. The van der Waals surface area contributed by atoms with E-state index in [1.54, 1.807) is 0 Å². The Hall–Kier alpha value is -1.34. The van der Waals surface area contributed by atoms with E-state index in [1.165, 1.54) is 0 Å². The number of hydrogen-bond acceptors (Lipinski definition) is 4. The highest BCUT2D eigenvalue weighted by atomic mass is 16.4. The predicted octanol–water partition coefficient (Wildman–Crippen LogP) is 0.242. The Kier molecular flexibility index (Phi) is 9.75. The van der Waals surface area contributed by atoms with Crippen LogP contribution in [-0.4, -0.2) is 65.9 Å². The van der Waals surface area contributed by atoms with Gasteiger partial charge in [-0.2, -0.15) is 0 Å². The summed E-state index contributed by atoms with van der Waals surface area (Å²) >= 11 is 0. The molecule has 0 aliphatic rings. The maximum Gasteiger partial charge on any atom is 0.332 e. The lowest BCUT2D eigenvalue weighted by atomic mass is 10.2. The molecule has 0 fully saturated rings. The van der Waals surface area contributed by atoms with Gasteiger partial charge in [0.25, 0.3) is 0 Å². The molecule has 0 aromatic rings. The van der Waals surface area contributed by atoms with Crippen molar-refractivity contribution in [3.8, 4) is 0 Å². The lowest BCUT2D eigenvalue weighted by Crippen LogP contribution is -2.38. The van der Waals surface area contributed by atoms with E-state index in [0.717, 1.165) is 19.4 Å². The summed E-state index contributed by atoms with van der Waals surface area (Å²) in [5, 5.41) is 22.6. The van der Waals surface area contributed by atoms with Gasteiger partial charge in [0.15, 0.2) is 6.10 Å². The average molecular weight is 289 g/mol. The number of nitrogens with zero attached hydrogens (tertiary/aromatic N) is 1. The van der Waals surface area contributed by atoms with Crippen molar-refractivity contribution < 1.29 is 19.8 Å². The van der Waals surface area contributed by atoms with E-state index < -0.39 is 12.1 Å². The predicted molar refractivity (Wildman–Crippen MR) is 76.7 cm³/mol. The zero-order chi connectivity index (χ0) is 15.5. The number of carboxylic acids is 1. The molecule has 0 aromatic carbocycles. The minimum absolute atomic E-state index is 0.00192. The van der Waals surface area contributed by atoms with E-state index in [2.05, 4.69) is 36.4 Å². The molecule has 1 unspecified atom stereocenters. The summed E-state index contributed by atoms with van der Waals surface area (Å²) in [6.07, 6.45) is 0.471. The van der Waals surface area contributed by atoms with Crippen molar-refractivity contribution >= 4 is 12.0 Å². The molecule has 0 bridgehead atoms. The summed E-state index contributed by atoms with van der Waals surface area (Å²) in [7, 11) is 2.07. The second kappa shape index (κ2) is 10.4. The van der Waals surface area contributed by atoms with E-state index in [9.17, 15) is 9.59 Å². The first kappa shape index (κ1) is 18.7. The third-order valence-corrected chi connectivity index (χ3v) is 3.09. The first-order valence-corrected chi connectivity index (χ1v) is 6.97. The highest BCUT2D eigenvalue weighted by Gasteiger charge is 2.12. The van der Waals surface area contributed by atoms with Crippen molar-refractivity contribution in [2.24, 2.45) is 0 Å². The molecule has 20 heavy (non-hydrogen) atoms. The quantitative estimate of drug-likeness (QED) is 0.432. The summed E-state index contributed by atoms with van der Waals surface area (Å²) in [4.78, 5) is 23.9. The second-order valence-corrected chi connectivity index (χ2v) is 5.11. The maximum absolute atomic E-state index is 11.3. The largest absolute Gasteiger partial charge is 0.479 e. The number of urea groups is 1. The highest BCUT2D eigenvalue weighted by molar-refractivity contribution is 5.74. The van der Waals surface area contributed by atoms with Crippen molar-refractivity contribution in [2.45, 2.75) is 45.3 Å². The van der Waals surface area contributed by atoms with Crippen molar-refractivity contribution in [3.63, 3.8) is 0 Å². The first-order chi connectivity index (χ1) is 9.34. The molecule has 0 radical (unpaired) electrons. The van der Waals surface area contributed by atoms with Gasteiger partial charge in [-0.3, -0.25) is 0 Å². The lowest BCUT2D eigenvalue weighted by Gasteiger charge is -2.20. The first-order valence-electron chi connectivity index (χ1n) is 6.97. The average Bonchev–Trinajstić information content (AvgIpc) is 2.37. The molecular weight excluding hydrogens is 262 g/mol. The third kappa shape index (κ3) is 9.57. The van der Waals surface area contributed by atoms with Gasteiger partial charge in [0.05, 0.1) is 0 Å². The fraction of sp³-hybridized carbons (Fsp3) is 0.846. The molecule has 7 nitrogen and oxygen atoms in total. The monoisotopic (exact) mass is 289 g/mol. The summed E-state index contributed by atoms with van der Waals surface area (Å²) < 4.78 is 0. The summed E-state index contributed by atoms with van der Waals surface area (Å²) in [5.41, 5.74) is 0. The number of carboxylic acid groups (broad SMARTS) is 1. The fourth-order valence-electron chi connectivity index (χ4n) is 1.45. The van der Waals surface area contributed by atoms with E-state index in [-0.39, 0.29) is 19.0 Å². The number of aliphatic hydroxyl groups excluding tert-OH is 1. The molecule has 7 heteroatoms. The van der Waals surface area contributed by atoms with E-state index in [0.29, 0.717) is 12.6 Å². The van der Waals surface area contributed by atoms with Crippen molar-refractivity contribution in [1.29, 1.82) is 0 Å². The van der Waals surface area contributed by atoms with Crippen molar-refractivity contribution in [1.82, 2.24) is 15.5 Å². The number of hydrogen-bond donors (Lipinski definition) is 4. The van der Waals surface area contributed by atoms with Gasteiger partial charge in [-0.1, -0.05) is 0 Å². The molecule has 0 heterocycles. The van der Waals surface area contributed by atoms with Crippen LogP contribution in [0.2, 0.25) is 0 Å². The van der Waals surface area contributed by atoms with Crippen LogP contribution >= 0.6 is 0 Å². The number of amides is 2. The van der Waals surface area contributed by atoms with Crippen LogP contribution in [-0.2, 0) is 4.79 Å². The van der Waals surface area contributed by atoms with Gasteiger partial charge in [0, 0.05) is 25.6 Å². The summed E-state index contributed by atoms with van der Waals surface area (Å²) in [6, 6.07) is 0.187. The number of carbonyl (C=O) groups excluding carboxylic acids is 1. The second-order valence-electron chi connectivity index (χ2n) is 5.11. The van der Waals surface area contributed by atoms with Crippen molar-refractivity contribution in [2.75, 3.05) is 26.7 Å². The third-order valence-electron chi connectivity index (χ3n) is 3.09. The maximum atomic E-state index is 11.3. The number of carbonyl (C=O) groups is 2. The zero-order valence-corrected chi connectivity index (χ0v) is 12.6. The molecule has 4 N–H and O–H groups in total. The van der Waals surface area contributed by atoms with Gasteiger partial charge in [-0.05, 0) is 40.3 Å². The standard InChI is InChI=1S/C13H27N3O4/c1-10(2)16(3)9-5-4-7-14-13(20)15-8-6-11(17)12(18)19/h10-11,17H,4-9H2,1-3H3,(H,18,19)(H2,14,15,20). The minimum Gasteiger partial charge on any atom is -0.479 e. The molecule has 2 amide bonds. The van der Waals surface area contributed by atoms with Crippen LogP contribution in [0, 0.1) is 0 Å². The minimum atomic E-state index is -1.43. The molecule has 0 saturated heterocycles. The van der Waals surface area contributed by atoms with E-state index in [1.807, 2.05) is 0 Å². The molecule has 118 valence electrons. The highest BCUT2D eigenvalue weighted by Crippen LogP contribution is 1.97. The van der Waals surface area contributed by atoms with Crippen LogP contribution in [0.25, 0.3) is 0 Å². The van der Waals surface area contributed by atoms with Gasteiger partial charge in [0.1, 0.15) is 0 Å². The normalized spacial score (nSPS) is 12.5. The van der Waals surface area contributed by atoms with Gasteiger partial charge < -0.3 is 25.7 Å². The lowest BCUT2D eigenvalue weighted by molar-refractivity contribution is -0.146. The molecule has 0 rings (SSSR count). The number of nitrogens with one attached hydrogen (secondary N) is 2. The van der Waals surface area contributed by atoms with Crippen LogP contribution in [0.4, 0.5) is 4.79 Å². The Bertz CT molecular complexity index is 297. The Morgan fingerprint density at radius 3 is 2.30 bits per heavy atom. The zero-order valence-electron chi connectivity index (χ0n) is 12.6. The SMILES string of the molecule is CC(C)N(C)CCCCNC(=O)NCCC(O)C(=O)O. The Labute approximate surface area is 120 Å². The van der Waals surface area contributed by atoms with Crippen molar-refractivity contribution in [3.05, 3.63) is 0 Å². The molecule has 1 atom stereocenters. The van der Waals surface area contributed by atoms with E-state index >= 15 is 0 Å².